The van der Waals surface area contributed by atoms with E-state index in [9.17, 15) is 4.79 Å². The number of carbonyl (C=O) groups excluding carboxylic acids is 1. The van der Waals surface area contributed by atoms with Crippen LogP contribution in [0.1, 0.15) is 5.56 Å². The van der Waals surface area contributed by atoms with Crippen LogP contribution in [0.5, 0.6) is 0 Å². The molecule has 80 valence electrons. The molecule has 0 saturated carbocycles. The van der Waals surface area contributed by atoms with Gasteiger partial charge >= 0.3 is 0 Å². The Labute approximate surface area is 95.1 Å². The molecular weight excluding hydrogens is 198 g/mol. The minimum absolute atomic E-state index is 0.833. The number of para-hydroxylation sites is 1. The van der Waals surface area contributed by atoms with E-state index in [1.54, 1.807) is 4.90 Å². The first-order valence-electron chi connectivity index (χ1n) is 5.17. The monoisotopic (exact) mass is 211 g/mol. The van der Waals surface area contributed by atoms with Gasteiger partial charge in [0.1, 0.15) is 0 Å². The first-order valence-corrected chi connectivity index (χ1v) is 5.17. The van der Waals surface area contributed by atoms with E-state index in [-0.39, 0.29) is 0 Å². The predicted molar refractivity (Wildman–Crippen MR) is 65.8 cm³/mol. The predicted octanol–water partition coefficient (Wildman–Crippen LogP) is 3.29. The van der Waals surface area contributed by atoms with Crippen molar-refractivity contribution in [2.24, 2.45) is 0 Å². The number of aryl methyl sites for hydroxylation is 1. The molecular formula is C14H13NO. The molecule has 2 rings (SSSR count). The lowest BCUT2D eigenvalue weighted by atomic mass is 10.2. The van der Waals surface area contributed by atoms with Crippen molar-refractivity contribution in [1.82, 2.24) is 0 Å². The lowest BCUT2D eigenvalue weighted by Gasteiger charge is -2.17. The van der Waals surface area contributed by atoms with E-state index in [0.717, 1.165) is 17.8 Å². The third-order valence-electron chi connectivity index (χ3n) is 2.45. The summed E-state index contributed by atoms with van der Waals surface area (Å²) in [7, 11) is 0. The van der Waals surface area contributed by atoms with E-state index < -0.39 is 0 Å². The van der Waals surface area contributed by atoms with Crippen LogP contribution in [0.15, 0.2) is 54.6 Å². The SMILES string of the molecule is Cc1ccc(N(C=O)c2ccccc2)cc1. The van der Waals surface area contributed by atoms with Crippen molar-refractivity contribution in [2.45, 2.75) is 6.92 Å². The summed E-state index contributed by atoms with van der Waals surface area (Å²) in [4.78, 5) is 12.7. The lowest BCUT2D eigenvalue weighted by molar-refractivity contribution is -0.106. The minimum Gasteiger partial charge on any atom is -0.284 e. The van der Waals surface area contributed by atoms with Crippen molar-refractivity contribution in [2.75, 3.05) is 4.90 Å². The van der Waals surface area contributed by atoms with E-state index in [4.69, 9.17) is 0 Å². The molecule has 0 radical (unpaired) electrons. The minimum atomic E-state index is 0.833. The molecule has 0 aliphatic heterocycles. The maximum atomic E-state index is 11.1. The van der Waals surface area contributed by atoms with Crippen LogP contribution in [0.25, 0.3) is 0 Å². The summed E-state index contributed by atoms with van der Waals surface area (Å²) in [6, 6.07) is 17.5. The fourth-order valence-electron chi connectivity index (χ4n) is 1.56. The summed E-state index contributed by atoms with van der Waals surface area (Å²) in [6.07, 6.45) is 0.833. The van der Waals surface area contributed by atoms with Crippen LogP contribution in [0.3, 0.4) is 0 Å². The largest absolute Gasteiger partial charge is 0.284 e. The van der Waals surface area contributed by atoms with Gasteiger partial charge in [0.2, 0.25) is 6.41 Å². The van der Waals surface area contributed by atoms with Crippen LogP contribution in [-0.2, 0) is 4.79 Å². The number of hydrogen-bond donors (Lipinski definition) is 0. The van der Waals surface area contributed by atoms with Crippen molar-refractivity contribution in [3.05, 3.63) is 60.2 Å². The summed E-state index contributed by atoms with van der Waals surface area (Å²) < 4.78 is 0. The summed E-state index contributed by atoms with van der Waals surface area (Å²) in [6.45, 7) is 2.03. The van der Waals surface area contributed by atoms with Gasteiger partial charge in [-0.05, 0) is 31.2 Å². The zero-order chi connectivity index (χ0) is 11.4. The molecule has 0 heterocycles. The van der Waals surface area contributed by atoms with Gasteiger partial charge in [0.25, 0.3) is 0 Å². The van der Waals surface area contributed by atoms with Crippen molar-refractivity contribution in [3.8, 4) is 0 Å². The van der Waals surface area contributed by atoms with Crippen molar-refractivity contribution < 1.29 is 4.79 Å². The number of hydrogen-bond acceptors (Lipinski definition) is 1. The highest BCUT2D eigenvalue weighted by Crippen LogP contribution is 2.23. The first kappa shape index (κ1) is 10.4. The van der Waals surface area contributed by atoms with Gasteiger partial charge in [-0.25, -0.2) is 0 Å². The van der Waals surface area contributed by atoms with Crippen LogP contribution >= 0.6 is 0 Å². The quantitative estimate of drug-likeness (QED) is 0.713. The van der Waals surface area contributed by atoms with E-state index >= 15 is 0 Å². The van der Waals surface area contributed by atoms with Crippen molar-refractivity contribution in [3.63, 3.8) is 0 Å². The summed E-state index contributed by atoms with van der Waals surface area (Å²) in [5.41, 5.74) is 2.94. The third-order valence-corrected chi connectivity index (χ3v) is 2.45. The van der Waals surface area contributed by atoms with Gasteiger partial charge in [-0.1, -0.05) is 35.9 Å². The fourth-order valence-corrected chi connectivity index (χ4v) is 1.56. The molecule has 0 fully saturated rings. The molecule has 0 unspecified atom stereocenters. The Balaban J connectivity index is 2.37. The van der Waals surface area contributed by atoms with E-state index in [1.165, 1.54) is 5.56 Å². The van der Waals surface area contributed by atoms with Crippen molar-refractivity contribution >= 4 is 17.8 Å². The van der Waals surface area contributed by atoms with Gasteiger partial charge < -0.3 is 0 Å². The highest BCUT2D eigenvalue weighted by molar-refractivity contribution is 5.86. The average molecular weight is 211 g/mol. The molecule has 0 bridgehead atoms. The Hall–Kier alpha value is -2.09. The molecule has 0 aliphatic rings. The van der Waals surface area contributed by atoms with E-state index in [0.29, 0.717) is 0 Å². The molecule has 2 heteroatoms. The standard InChI is InChI=1S/C14H13NO/c1-12-7-9-14(10-8-12)15(11-16)13-5-3-2-4-6-13/h2-11H,1H3. The van der Waals surface area contributed by atoms with Gasteiger partial charge in [-0.15, -0.1) is 0 Å². The van der Waals surface area contributed by atoms with Crippen LogP contribution in [0, 0.1) is 6.92 Å². The van der Waals surface area contributed by atoms with Crippen LogP contribution < -0.4 is 4.90 Å². The highest BCUT2D eigenvalue weighted by Gasteiger charge is 2.06. The maximum Gasteiger partial charge on any atom is 0.218 e. The Bertz CT molecular complexity index is 462. The van der Waals surface area contributed by atoms with Crippen LogP contribution in [0.4, 0.5) is 11.4 Å². The molecule has 2 nitrogen and oxygen atoms in total. The Morgan fingerprint density at radius 3 is 2.00 bits per heavy atom. The summed E-state index contributed by atoms with van der Waals surface area (Å²) in [5, 5.41) is 0. The van der Waals surface area contributed by atoms with E-state index in [1.807, 2.05) is 61.5 Å². The normalized spacial score (nSPS) is 9.81. The van der Waals surface area contributed by atoms with E-state index in [2.05, 4.69) is 0 Å². The number of rotatable bonds is 3. The highest BCUT2D eigenvalue weighted by atomic mass is 16.1. The second-order valence-electron chi connectivity index (χ2n) is 3.65. The van der Waals surface area contributed by atoms with Gasteiger partial charge in [-0.2, -0.15) is 0 Å². The molecule has 1 amide bonds. The van der Waals surface area contributed by atoms with Gasteiger partial charge in [0.05, 0.1) is 0 Å². The van der Waals surface area contributed by atoms with Gasteiger partial charge in [-0.3, -0.25) is 9.69 Å². The Kier molecular flexibility index (Phi) is 3.01. The number of nitrogens with zero attached hydrogens (tertiary/aromatic N) is 1. The first-order chi connectivity index (χ1) is 7.81. The molecule has 0 N–H and O–H groups in total. The second kappa shape index (κ2) is 4.62. The molecule has 16 heavy (non-hydrogen) atoms. The molecule has 0 saturated heterocycles. The second-order valence-corrected chi connectivity index (χ2v) is 3.65. The number of amides is 1. The summed E-state index contributed by atoms with van der Waals surface area (Å²) >= 11 is 0. The number of benzene rings is 2. The smallest absolute Gasteiger partial charge is 0.218 e. The Morgan fingerprint density at radius 2 is 1.44 bits per heavy atom. The molecule has 0 aliphatic carbocycles. The maximum absolute atomic E-state index is 11.1. The molecule has 0 aromatic heterocycles. The zero-order valence-corrected chi connectivity index (χ0v) is 9.13. The Morgan fingerprint density at radius 1 is 0.875 bits per heavy atom. The lowest BCUT2D eigenvalue weighted by Crippen LogP contribution is -2.13. The van der Waals surface area contributed by atoms with Gasteiger partial charge in [0.15, 0.2) is 0 Å². The molecule has 2 aromatic carbocycles. The molecule has 0 atom stereocenters. The van der Waals surface area contributed by atoms with Crippen LogP contribution in [0.2, 0.25) is 0 Å². The number of anilines is 2. The average Bonchev–Trinajstić information content (AvgIpc) is 2.34. The third kappa shape index (κ3) is 2.11. The molecule has 0 spiro atoms. The summed E-state index contributed by atoms with van der Waals surface area (Å²) in [5.74, 6) is 0. The molecule has 2 aromatic rings. The van der Waals surface area contributed by atoms with Crippen LogP contribution in [-0.4, -0.2) is 6.41 Å². The van der Waals surface area contributed by atoms with Gasteiger partial charge in [0, 0.05) is 11.4 Å². The number of carbonyl (C=O) groups is 1. The topological polar surface area (TPSA) is 20.3 Å². The zero-order valence-electron chi connectivity index (χ0n) is 9.13. The van der Waals surface area contributed by atoms with Crippen molar-refractivity contribution in [1.29, 1.82) is 0 Å². The fraction of sp³-hybridized carbons (Fsp3) is 0.0714.